The van der Waals surface area contributed by atoms with E-state index in [1.165, 1.54) is 4.90 Å². The molecule has 0 spiro atoms. The van der Waals surface area contributed by atoms with Gasteiger partial charge in [0.1, 0.15) is 12.6 Å². The summed E-state index contributed by atoms with van der Waals surface area (Å²) in [6, 6.07) is 13.4. The molecule has 36 heavy (non-hydrogen) atoms. The number of benzene rings is 2. The molecule has 0 saturated heterocycles. The van der Waals surface area contributed by atoms with Crippen LogP contribution in [0.1, 0.15) is 64.5 Å². The lowest BCUT2D eigenvalue weighted by Crippen LogP contribution is -2.53. The number of halogens is 1. The Bertz CT molecular complexity index is 1140. The Labute approximate surface area is 220 Å². The van der Waals surface area contributed by atoms with Gasteiger partial charge in [-0.3, -0.25) is 13.9 Å². The van der Waals surface area contributed by atoms with Crippen LogP contribution < -0.4 is 9.62 Å². The highest BCUT2D eigenvalue weighted by Gasteiger charge is 2.32. The van der Waals surface area contributed by atoms with Crippen molar-refractivity contribution in [3.63, 3.8) is 0 Å². The summed E-state index contributed by atoms with van der Waals surface area (Å²) in [6.45, 7) is 9.39. The molecule has 0 aliphatic carbocycles. The number of carbonyl (C=O) groups is 2. The van der Waals surface area contributed by atoms with Gasteiger partial charge in [0.15, 0.2) is 0 Å². The third-order valence-electron chi connectivity index (χ3n) is 6.16. The lowest BCUT2D eigenvalue weighted by atomic mass is 10.0. The number of hydrogen-bond acceptors (Lipinski definition) is 4. The van der Waals surface area contributed by atoms with Gasteiger partial charge < -0.3 is 10.2 Å². The number of hydrogen-bond donors (Lipinski definition) is 1. The van der Waals surface area contributed by atoms with Crippen molar-refractivity contribution < 1.29 is 18.0 Å². The fourth-order valence-corrected chi connectivity index (χ4v) is 4.94. The molecular formula is C27H38ClN3O4S. The first-order valence-corrected chi connectivity index (χ1v) is 14.5. The van der Waals surface area contributed by atoms with Crippen molar-refractivity contribution in [1.82, 2.24) is 10.2 Å². The van der Waals surface area contributed by atoms with Crippen molar-refractivity contribution in [2.45, 2.75) is 72.0 Å². The number of para-hydroxylation sites is 1. The Kier molecular flexibility index (Phi) is 10.8. The van der Waals surface area contributed by atoms with E-state index in [1.807, 2.05) is 46.8 Å². The number of carbonyl (C=O) groups excluding carboxylic acids is 2. The van der Waals surface area contributed by atoms with Crippen LogP contribution in [0.4, 0.5) is 5.69 Å². The predicted octanol–water partition coefficient (Wildman–Crippen LogP) is 4.95. The monoisotopic (exact) mass is 535 g/mol. The molecule has 0 saturated carbocycles. The molecule has 2 amide bonds. The summed E-state index contributed by atoms with van der Waals surface area (Å²) in [5, 5.41) is 3.53. The molecule has 2 aromatic rings. The number of anilines is 1. The molecule has 0 unspecified atom stereocenters. The van der Waals surface area contributed by atoms with Crippen molar-refractivity contribution in [2.75, 3.05) is 17.1 Å². The van der Waals surface area contributed by atoms with Crippen molar-refractivity contribution >= 4 is 39.1 Å². The first-order valence-electron chi connectivity index (χ1n) is 12.3. The predicted molar refractivity (Wildman–Crippen MR) is 147 cm³/mol. The van der Waals surface area contributed by atoms with Gasteiger partial charge >= 0.3 is 0 Å². The smallest absolute Gasteiger partial charge is 0.244 e. The van der Waals surface area contributed by atoms with E-state index in [0.717, 1.165) is 28.1 Å². The minimum absolute atomic E-state index is 0.0513. The van der Waals surface area contributed by atoms with E-state index >= 15 is 0 Å². The highest BCUT2D eigenvalue weighted by Crippen LogP contribution is 2.29. The number of nitrogens with one attached hydrogen (secondary N) is 1. The molecule has 0 aromatic heterocycles. The molecule has 9 heteroatoms. The third-order valence-corrected chi connectivity index (χ3v) is 7.54. The second kappa shape index (κ2) is 13.1. The molecule has 7 nitrogen and oxygen atoms in total. The van der Waals surface area contributed by atoms with E-state index in [4.69, 9.17) is 11.6 Å². The second-order valence-corrected chi connectivity index (χ2v) is 11.7. The first-order chi connectivity index (χ1) is 16.9. The molecule has 2 rings (SSSR count). The molecule has 2 aromatic carbocycles. The van der Waals surface area contributed by atoms with Crippen LogP contribution in [0.3, 0.4) is 0 Å². The molecule has 0 radical (unpaired) electrons. The van der Waals surface area contributed by atoms with Crippen LogP contribution in [0.5, 0.6) is 0 Å². The number of sulfonamides is 1. The quantitative estimate of drug-likeness (QED) is 0.416. The number of nitrogens with zero attached hydrogens (tertiary/aromatic N) is 2. The van der Waals surface area contributed by atoms with Gasteiger partial charge in [0.05, 0.1) is 11.9 Å². The number of rotatable bonds is 12. The van der Waals surface area contributed by atoms with Crippen molar-refractivity contribution in [1.29, 1.82) is 0 Å². The maximum atomic E-state index is 13.8. The second-order valence-electron chi connectivity index (χ2n) is 9.37. The average Bonchev–Trinajstić information content (AvgIpc) is 2.82. The fraction of sp³-hybridized carbons (Fsp3) is 0.481. The maximum absolute atomic E-state index is 13.8. The fourth-order valence-electron chi connectivity index (χ4n) is 3.94. The van der Waals surface area contributed by atoms with Crippen LogP contribution in [0, 0.1) is 0 Å². The maximum Gasteiger partial charge on any atom is 0.244 e. The van der Waals surface area contributed by atoms with Crippen LogP contribution in [-0.2, 0) is 26.2 Å². The Morgan fingerprint density at radius 3 is 2.11 bits per heavy atom. The molecular weight excluding hydrogens is 498 g/mol. The summed E-state index contributed by atoms with van der Waals surface area (Å²) in [5.41, 5.74) is 2.07. The normalized spacial score (nSPS) is 13.2. The van der Waals surface area contributed by atoms with Gasteiger partial charge in [-0.1, -0.05) is 69.6 Å². The van der Waals surface area contributed by atoms with Gasteiger partial charge in [0, 0.05) is 17.6 Å². The van der Waals surface area contributed by atoms with Gasteiger partial charge in [-0.05, 0) is 55.0 Å². The topological polar surface area (TPSA) is 86.8 Å². The van der Waals surface area contributed by atoms with Crippen molar-refractivity contribution in [3.05, 3.63) is 64.7 Å². The SMILES string of the molecule is CC[C@@H](C)NC(=O)[C@@H](CC)N(Cc1ccc(Cl)cc1)C(=O)CN(c1ccccc1C(C)C)S(C)(=O)=O. The standard InChI is InChI=1S/C27H38ClN3O4S/c1-7-20(5)29-27(33)24(8-2)30(17-21-13-15-22(28)16-14-21)26(32)18-31(36(6,34)35)25-12-10-9-11-23(25)19(3)4/h9-16,19-20,24H,7-8,17-18H2,1-6H3,(H,29,33)/t20-,24-/m1/s1. The van der Waals surface area contributed by atoms with E-state index in [2.05, 4.69) is 5.32 Å². The van der Waals surface area contributed by atoms with E-state index in [1.54, 1.807) is 36.4 Å². The van der Waals surface area contributed by atoms with E-state index in [-0.39, 0.29) is 24.4 Å². The zero-order valence-electron chi connectivity index (χ0n) is 22.0. The number of amides is 2. The third kappa shape index (κ3) is 7.96. The molecule has 1 N–H and O–H groups in total. The van der Waals surface area contributed by atoms with Crippen molar-refractivity contribution in [2.24, 2.45) is 0 Å². The largest absolute Gasteiger partial charge is 0.352 e. The van der Waals surface area contributed by atoms with E-state index < -0.39 is 28.5 Å². The van der Waals surface area contributed by atoms with Crippen LogP contribution in [0.25, 0.3) is 0 Å². The zero-order chi connectivity index (χ0) is 27.0. The summed E-state index contributed by atoms with van der Waals surface area (Å²) >= 11 is 6.03. The summed E-state index contributed by atoms with van der Waals surface area (Å²) in [6.07, 6.45) is 2.22. The minimum Gasteiger partial charge on any atom is -0.352 e. The summed E-state index contributed by atoms with van der Waals surface area (Å²) in [5.74, 6) is -0.668. The highest BCUT2D eigenvalue weighted by molar-refractivity contribution is 7.92. The van der Waals surface area contributed by atoms with Crippen LogP contribution in [0.15, 0.2) is 48.5 Å². The van der Waals surface area contributed by atoms with Gasteiger partial charge in [0.2, 0.25) is 21.8 Å². The Morgan fingerprint density at radius 1 is 0.972 bits per heavy atom. The van der Waals surface area contributed by atoms with Gasteiger partial charge in [-0.25, -0.2) is 8.42 Å². The summed E-state index contributed by atoms with van der Waals surface area (Å²) in [4.78, 5) is 28.4. The molecule has 0 aliphatic heterocycles. The van der Waals surface area contributed by atoms with E-state index in [0.29, 0.717) is 17.1 Å². The van der Waals surface area contributed by atoms with Crippen molar-refractivity contribution in [3.8, 4) is 0 Å². The highest BCUT2D eigenvalue weighted by atomic mass is 35.5. The minimum atomic E-state index is -3.79. The molecule has 198 valence electrons. The molecule has 0 heterocycles. The molecule has 0 aliphatic rings. The van der Waals surface area contributed by atoms with Gasteiger partial charge in [-0.2, -0.15) is 0 Å². The summed E-state index contributed by atoms with van der Waals surface area (Å²) < 4.78 is 26.9. The van der Waals surface area contributed by atoms with E-state index in [9.17, 15) is 18.0 Å². The van der Waals surface area contributed by atoms with Gasteiger partial charge in [-0.15, -0.1) is 0 Å². The lowest BCUT2D eigenvalue weighted by Gasteiger charge is -2.34. The Balaban J connectivity index is 2.49. The average molecular weight is 536 g/mol. The molecule has 0 bridgehead atoms. The Hall–Kier alpha value is -2.58. The van der Waals surface area contributed by atoms with Crippen LogP contribution >= 0.6 is 11.6 Å². The summed E-state index contributed by atoms with van der Waals surface area (Å²) in [7, 11) is -3.79. The molecule has 2 atom stereocenters. The lowest BCUT2D eigenvalue weighted by molar-refractivity contribution is -0.140. The first kappa shape index (κ1) is 29.6. The molecule has 0 fully saturated rings. The Morgan fingerprint density at radius 2 is 1.58 bits per heavy atom. The zero-order valence-corrected chi connectivity index (χ0v) is 23.6. The van der Waals surface area contributed by atoms with Gasteiger partial charge in [0.25, 0.3) is 0 Å². The van der Waals surface area contributed by atoms with Crippen LogP contribution in [0.2, 0.25) is 5.02 Å². The van der Waals surface area contributed by atoms with Crippen LogP contribution in [-0.4, -0.2) is 50.0 Å².